The van der Waals surface area contributed by atoms with E-state index in [1.54, 1.807) is 0 Å². The molecule has 3 heteroatoms. The second-order valence-corrected chi connectivity index (χ2v) is 5.75. The van der Waals surface area contributed by atoms with Gasteiger partial charge in [0.25, 0.3) is 0 Å². The van der Waals surface area contributed by atoms with Crippen LogP contribution in [0.15, 0.2) is 24.3 Å². The summed E-state index contributed by atoms with van der Waals surface area (Å²) in [6, 6.07) is 9.01. The van der Waals surface area contributed by atoms with Crippen LogP contribution in [0.1, 0.15) is 24.0 Å². The molecule has 0 N–H and O–H groups in total. The van der Waals surface area contributed by atoms with E-state index in [2.05, 4.69) is 24.0 Å². The first-order chi connectivity index (χ1) is 9.24. The molecular weight excluding hydrogens is 236 g/mol. The van der Waals surface area contributed by atoms with Crippen molar-refractivity contribution in [3.63, 3.8) is 0 Å². The minimum Gasteiger partial charge on any atom is -0.340 e. The van der Waals surface area contributed by atoms with Crippen LogP contribution < -0.4 is 0 Å². The molecule has 1 saturated heterocycles. The van der Waals surface area contributed by atoms with Gasteiger partial charge in [0, 0.05) is 32.2 Å². The molecule has 0 spiro atoms. The third-order valence-electron chi connectivity index (χ3n) is 4.33. The first-order valence-electron chi connectivity index (χ1n) is 7.30. The molecular formula is C16H22N2O. The number of benzene rings is 1. The molecule has 3 nitrogen and oxygen atoms in total. The van der Waals surface area contributed by atoms with E-state index in [4.69, 9.17) is 0 Å². The first-order valence-corrected chi connectivity index (χ1v) is 7.30. The number of carbonyl (C=O) groups excluding carboxylic acids is 1. The number of hydrogen-bond acceptors (Lipinski definition) is 2. The molecule has 19 heavy (non-hydrogen) atoms. The summed E-state index contributed by atoms with van der Waals surface area (Å²) >= 11 is 0. The van der Waals surface area contributed by atoms with Crippen molar-refractivity contribution >= 4 is 5.91 Å². The molecule has 0 aromatic heterocycles. The molecule has 2 fully saturated rings. The second-order valence-electron chi connectivity index (χ2n) is 5.75. The Balaban J connectivity index is 1.55. The Morgan fingerprint density at radius 1 is 1.16 bits per heavy atom. The van der Waals surface area contributed by atoms with Crippen LogP contribution in [0.4, 0.5) is 0 Å². The number of hydrogen-bond donors (Lipinski definition) is 0. The highest BCUT2D eigenvalue weighted by atomic mass is 16.2. The van der Waals surface area contributed by atoms with Crippen molar-refractivity contribution in [3.8, 4) is 0 Å². The van der Waals surface area contributed by atoms with Gasteiger partial charge in [0.05, 0.1) is 6.42 Å². The molecule has 1 amide bonds. The molecule has 1 aliphatic carbocycles. The van der Waals surface area contributed by atoms with E-state index in [9.17, 15) is 4.79 Å². The summed E-state index contributed by atoms with van der Waals surface area (Å²) in [5.41, 5.74) is 2.38. The van der Waals surface area contributed by atoms with Crippen molar-refractivity contribution in [2.45, 2.75) is 32.2 Å². The highest BCUT2D eigenvalue weighted by Gasteiger charge is 2.32. The van der Waals surface area contributed by atoms with Gasteiger partial charge >= 0.3 is 0 Å². The smallest absolute Gasteiger partial charge is 0.227 e. The summed E-state index contributed by atoms with van der Waals surface area (Å²) in [6.45, 7) is 6.00. The van der Waals surface area contributed by atoms with Gasteiger partial charge in [-0.1, -0.05) is 24.3 Å². The maximum Gasteiger partial charge on any atom is 0.227 e. The van der Waals surface area contributed by atoms with Crippen LogP contribution in [0, 0.1) is 6.92 Å². The zero-order valence-electron chi connectivity index (χ0n) is 11.6. The quantitative estimate of drug-likeness (QED) is 0.826. The Hall–Kier alpha value is -1.35. The lowest BCUT2D eigenvalue weighted by Gasteiger charge is -2.35. The largest absolute Gasteiger partial charge is 0.340 e. The fourth-order valence-electron chi connectivity index (χ4n) is 2.86. The fraction of sp³-hybridized carbons (Fsp3) is 0.562. The van der Waals surface area contributed by atoms with Crippen molar-refractivity contribution in [1.29, 1.82) is 0 Å². The SMILES string of the molecule is Cc1ccccc1CC(=O)N1CCN(C2CC2)CC1. The Kier molecular flexibility index (Phi) is 3.56. The van der Waals surface area contributed by atoms with Crippen LogP contribution in [0.2, 0.25) is 0 Å². The monoisotopic (exact) mass is 258 g/mol. The van der Waals surface area contributed by atoms with E-state index in [0.29, 0.717) is 6.42 Å². The third kappa shape index (κ3) is 2.98. The molecule has 1 aliphatic heterocycles. The highest BCUT2D eigenvalue weighted by Crippen LogP contribution is 2.27. The second kappa shape index (κ2) is 5.33. The van der Waals surface area contributed by atoms with E-state index >= 15 is 0 Å². The molecule has 0 bridgehead atoms. The molecule has 1 heterocycles. The maximum absolute atomic E-state index is 12.3. The molecule has 1 aromatic rings. The Labute approximate surface area is 115 Å². The summed E-state index contributed by atoms with van der Waals surface area (Å²) in [5.74, 6) is 0.282. The molecule has 2 aliphatic rings. The van der Waals surface area contributed by atoms with Gasteiger partial charge in [-0.2, -0.15) is 0 Å². The van der Waals surface area contributed by atoms with Gasteiger partial charge in [0.2, 0.25) is 5.91 Å². The Morgan fingerprint density at radius 2 is 1.84 bits per heavy atom. The third-order valence-corrected chi connectivity index (χ3v) is 4.33. The predicted molar refractivity (Wildman–Crippen MR) is 76.1 cm³/mol. The minimum absolute atomic E-state index is 0.282. The van der Waals surface area contributed by atoms with Gasteiger partial charge in [-0.3, -0.25) is 9.69 Å². The lowest BCUT2D eigenvalue weighted by atomic mass is 10.1. The van der Waals surface area contributed by atoms with Gasteiger partial charge in [-0.25, -0.2) is 0 Å². The van der Waals surface area contributed by atoms with Crippen molar-refractivity contribution in [2.24, 2.45) is 0 Å². The number of rotatable bonds is 3. The fourth-order valence-corrected chi connectivity index (χ4v) is 2.86. The molecule has 3 rings (SSSR count). The van der Waals surface area contributed by atoms with Gasteiger partial charge in [-0.05, 0) is 30.9 Å². The van der Waals surface area contributed by atoms with Crippen molar-refractivity contribution in [1.82, 2.24) is 9.80 Å². The average Bonchev–Trinajstić information content (AvgIpc) is 3.26. The Morgan fingerprint density at radius 3 is 2.47 bits per heavy atom. The van der Waals surface area contributed by atoms with E-state index in [1.807, 2.05) is 17.0 Å². The van der Waals surface area contributed by atoms with E-state index < -0.39 is 0 Å². The van der Waals surface area contributed by atoms with Gasteiger partial charge in [0.15, 0.2) is 0 Å². The maximum atomic E-state index is 12.3. The first kappa shape index (κ1) is 12.7. The van der Waals surface area contributed by atoms with Gasteiger partial charge < -0.3 is 4.90 Å². The van der Waals surface area contributed by atoms with Gasteiger partial charge in [0.1, 0.15) is 0 Å². The van der Waals surface area contributed by atoms with Crippen LogP contribution in [-0.2, 0) is 11.2 Å². The van der Waals surface area contributed by atoms with Crippen molar-refractivity contribution < 1.29 is 4.79 Å². The standard InChI is InChI=1S/C16H22N2O/c1-13-4-2-3-5-14(13)12-16(19)18-10-8-17(9-11-18)15-6-7-15/h2-5,15H,6-12H2,1H3. The lowest BCUT2D eigenvalue weighted by molar-refractivity contribution is -0.132. The van der Waals surface area contributed by atoms with Crippen LogP contribution in [0.5, 0.6) is 0 Å². The minimum atomic E-state index is 0.282. The van der Waals surface area contributed by atoms with Gasteiger partial charge in [-0.15, -0.1) is 0 Å². The number of carbonyl (C=O) groups is 1. The van der Waals surface area contributed by atoms with E-state index in [0.717, 1.165) is 37.8 Å². The zero-order chi connectivity index (χ0) is 13.2. The normalized spacial score (nSPS) is 20.6. The molecule has 0 atom stereocenters. The number of aryl methyl sites for hydroxylation is 1. The van der Waals surface area contributed by atoms with Crippen LogP contribution in [0.25, 0.3) is 0 Å². The number of piperazine rings is 1. The van der Waals surface area contributed by atoms with Crippen LogP contribution >= 0.6 is 0 Å². The lowest BCUT2D eigenvalue weighted by Crippen LogP contribution is -2.49. The van der Waals surface area contributed by atoms with Crippen LogP contribution in [0.3, 0.4) is 0 Å². The molecule has 0 radical (unpaired) electrons. The summed E-state index contributed by atoms with van der Waals surface area (Å²) in [6.07, 6.45) is 3.27. The average molecular weight is 258 g/mol. The topological polar surface area (TPSA) is 23.6 Å². The van der Waals surface area contributed by atoms with Crippen molar-refractivity contribution in [2.75, 3.05) is 26.2 Å². The number of nitrogens with zero attached hydrogens (tertiary/aromatic N) is 2. The molecule has 1 saturated carbocycles. The van der Waals surface area contributed by atoms with E-state index in [1.165, 1.54) is 18.4 Å². The highest BCUT2D eigenvalue weighted by molar-refractivity contribution is 5.79. The molecule has 102 valence electrons. The summed E-state index contributed by atoms with van der Waals surface area (Å²) in [7, 11) is 0. The zero-order valence-corrected chi connectivity index (χ0v) is 11.6. The summed E-state index contributed by atoms with van der Waals surface area (Å²) in [4.78, 5) is 16.9. The number of amides is 1. The molecule has 0 unspecified atom stereocenters. The summed E-state index contributed by atoms with van der Waals surface area (Å²) < 4.78 is 0. The summed E-state index contributed by atoms with van der Waals surface area (Å²) in [5, 5.41) is 0. The Bertz CT molecular complexity index is 460. The van der Waals surface area contributed by atoms with Crippen LogP contribution in [-0.4, -0.2) is 47.9 Å². The predicted octanol–water partition coefficient (Wildman–Crippen LogP) is 1.84. The van der Waals surface area contributed by atoms with Crippen molar-refractivity contribution in [3.05, 3.63) is 35.4 Å². The molecule has 1 aromatic carbocycles. The van der Waals surface area contributed by atoms with E-state index in [-0.39, 0.29) is 5.91 Å².